The van der Waals surface area contributed by atoms with Gasteiger partial charge in [0.1, 0.15) is 5.75 Å². The van der Waals surface area contributed by atoms with Gasteiger partial charge in [-0.1, -0.05) is 18.2 Å². The van der Waals surface area contributed by atoms with Gasteiger partial charge in [0.25, 0.3) is 5.91 Å². The van der Waals surface area contributed by atoms with E-state index >= 15 is 0 Å². The zero-order valence-corrected chi connectivity index (χ0v) is 13.1. The number of rotatable bonds is 5. The molecule has 2 heterocycles. The molecule has 3 rings (SSSR count). The molecule has 1 unspecified atom stereocenters. The zero-order chi connectivity index (χ0) is 16.4. The Kier molecular flexibility index (Phi) is 4.32. The standard InChI is InChI=1S/C17H20N2O4/c1-12(23-14-5-3-2-4-6-14)17(22)18-9-13(10-18)11-19-15(20)7-8-16(19)21/h2-6,12-13H,7-11H2,1H3. The van der Waals surface area contributed by atoms with Gasteiger partial charge >= 0.3 is 0 Å². The van der Waals surface area contributed by atoms with Crippen LogP contribution in [0.25, 0.3) is 0 Å². The Balaban J connectivity index is 1.46. The Morgan fingerprint density at radius 1 is 1.17 bits per heavy atom. The number of nitrogens with zero attached hydrogens (tertiary/aromatic N) is 2. The number of ether oxygens (including phenoxy) is 1. The van der Waals surface area contributed by atoms with Gasteiger partial charge in [0, 0.05) is 38.4 Å². The fourth-order valence-electron chi connectivity index (χ4n) is 2.96. The largest absolute Gasteiger partial charge is 0.481 e. The van der Waals surface area contributed by atoms with Crippen LogP contribution in [0.1, 0.15) is 19.8 Å². The topological polar surface area (TPSA) is 66.9 Å². The Morgan fingerprint density at radius 3 is 2.39 bits per heavy atom. The first-order valence-electron chi connectivity index (χ1n) is 7.88. The Labute approximate surface area is 135 Å². The van der Waals surface area contributed by atoms with Crippen LogP contribution >= 0.6 is 0 Å². The molecular weight excluding hydrogens is 296 g/mol. The van der Waals surface area contributed by atoms with Crippen LogP contribution in [0.4, 0.5) is 0 Å². The molecule has 0 N–H and O–H groups in total. The van der Waals surface area contributed by atoms with E-state index in [4.69, 9.17) is 4.74 Å². The van der Waals surface area contributed by atoms with Crippen molar-refractivity contribution in [2.75, 3.05) is 19.6 Å². The lowest BCUT2D eigenvalue weighted by molar-refractivity contribution is -0.146. The molecule has 1 aromatic carbocycles. The molecule has 23 heavy (non-hydrogen) atoms. The van der Waals surface area contributed by atoms with Crippen molar-refractivity contribution in [3.8, 4) is 5.75 Å². The molecule has 2 fully saturated rings. The number of hydrogen-bond acceptors (Lipinski definition) is 4. The fourth-order valence-corrected chi connectivity index (χ4v) is 2.96. The minimum absolute atomic E-state index is 0.0656. The lowest BCUT2D eigenvalue weighted by Crippen LogP contribution is -2.57. The van der Waals surface area contributed by atoms with Crippen LogP contribution < -0.4 is 4.74 Å². The second-order valence-electron chi connectivity index (χ2n) is 6.08. The third-order valence-electron chi connectivity index (χ3n) is 4.27. The number of carbonyl (C=O) groups excluding carboxylic acids is 3. The van der Waals surface area contributed by atoms with Gasteiger partial charge < -0.3 is 9.64 Å². The van der Waals surface area contributed by atoms with Gasteiger partial charge in [0.15, 0.2) is 6.10 Å². The van der Waals surface area contributed by atoms with Crippen LogP contribution in [0.2, 0.25) is 0 Å². The molecule has 2 saturated heterocycles. The third kappa shape index (κ3) is 3.36. The first kappa shape index (κ1) is 15.5. The second-order valence-corrected chi connectivity index (χ2v) is 6.08. The number of imide groups is 1. The van der Waals surface area contributed by atoms with E-state index in [1.54, 1.807) is 11.8 Å². The highest BCUT2D eigenvalue weighted by Gasteiger charge is 2.38. The third-order valence-corrected chi connectivity index (χ3v) is 4.27. The molecule has 122 valence electrons. The maximum Gasteiger partial charge on any atom is 0.263 e. The predicted octanol–water partition coefficient (Wildman–Crippen LogP) is 1.06. The van der Waals surface area contributed by atoms with Crippen molar-refractivity contribution in [1.29, 1.82) is 0 Å². The number of likely N-dealkylation sites (tertiary alicyclic amines) is 2. The SMILES string of the molecule is CC(Oc1ccccc1)C(=O)N1CC(CN2C(=O)CCC2=O)C1. The zero-order valence-electron chi connectivity index (χ0n) is 13.1. The summed E-state index contributed by atoms with van der Waals surface area (Å²) < 4.78 is 5.63. The first-order valence-corrected chi connectivity index (χ1v) is 7.88. The number of benzene rings is 1. The number of hydrogen-bond donors (Lipinski definition) is 0. The van der Waals surface area contributed by atoms with Crippen molar-refractivity contribution in [3.63, 3.8) is 0 Å². The van der Waals surface area contributed by atoms with E-state index in [9.17, 15) is 14.4 Å². The summed E-state index contributed by atoms with van der Waals surface area (Å²) in [7, 11) is 0. The second kappa shape index (κ2) is 6.40. The van der Waals surface area contributed by atoms with Crippen LogP contribution in [0.15, 0.2) is 30.3 Å². The average molecular weight is 316 g/mol. The van der Waals surface area contributed by atoms with Gasteiger partial charge in [-0.3, -0.25) is 19.3 Å². The molecule has 6 heteroatoms. The van der Waals surface area contributed by atoms with Crippen LogP contribution in [0.5, 0.6) is 5.75 Å². The molecule has 2 aliphatic heterocycles. The molecule has 0 radical (unpaired) electrons. The van der Waals surface area contributed by atoms with Gasteiger partial charge in [-0.2, -0.15) is 0 Å². The van der Waals surface area contributed by atoms with E-state index in [0.29, 0.717) is 38.2 Å². The molecular formula is C17H20N2O4. The van der Waals surface area contributed by atoms with Gasteiger partial charge in [0.05, 0.1) is 0 Å². The number of para-hydroxylation sites is 1. The molecule has 1 atom stereocenters. The molecule has 6 nitrogen and oxygen atoms in total. The van der Waals surface area contributed by atoms with Crippen molar-refractivity contribution < 1.29 is 19.1 Å². The van der Waals surface area contributed by atoms with E-state index in [2.05, 4.69) is 0 Å². The van der Waals surface area contributed by atoms with E-state index < -0.39 is 6.10 Å². The molecule has 2 aliphatic rings. The van der Waals surface area contributed by atoms with Gasteiger partial charge in [0.2, 0.25) is 11.8 Å². The van der Waals surface area contributed by atoms with Crippen molar-refractivity contribution in [3.05, 3.63) is 30.3 Å². The van der Waals surface area contributed by atoms with Crippen LogP contribution in [0.3, 0.4) is 0 Å². The minimum Gasteiger partial charge on any atom is -0.481 e. The van der Waals surface area contributed by atoms with E-state index in [1.807, 2.05) is 30.3 Å². The van der Waals surface area contributed by atoms with Crippen LogP contribution in [0, 0.1) is 5.92 Å². The first-order chi connectivity index (χ1) is 11.0. The molecule has 1 aromatic rings. The molecule has 0 bridgehead atoms. The highest BCUT2D eigenvalue weighted by Crippen LogP contribution is 2.22. The summed E-state index contributed by atoms with van der Waals surface area (Å²) in [5, 5.41) is 0. The molecule has 3 amide bonds. The summed E-state index contributed by atoms with van der Waals surface area (Å²) in [5.41, 5.74) is 0. The Morgan fingerprint density at radius 2 is 1.78 bits per heavy atom. The number of amides is 3. The average Bonchev–Trinajstić information content (AvgIpc) is 2.82. The monoisotopic (exact) mass is 316 g/mol. The van der Waals surface area contributed by atoms with E-state index in [1.165, 1.54) is 4.90 Å². The molecule has 0 aromatic heterocycles. The lowest BCUT2D eigenvalue weighted by Gasteiger charge is -2.41. The van der Waals surface area contributed by atoms with Crippen molar-refractivity contribution in [2.24, 2.45) is 5.92 Å². The summed E-state index contributed by atoms with van der Waals surface area (Å²) in [5.74, 6) is 0.581. The van der Waals surface area contributed by atoms with Gasteiger partial charge in [-0.15, -0.1) is 0 Å². The van der Waals surface area contributed by atoms with E-state index in [-0.39, 0.29) is 23.6 Å². The quantitative estimate of drug-likeness (QED) is 0.762. The highest BCUT2D eigenvalue weighted by molar-refractivity contribution is 6.01. The van der Waals surface area contributed by atoms with Crippen molar-refractivity contribution >= 4 is 17.7 Å². The van der Waals surface area contributed by atoms with E-state index in [0.717, 1.165) is 0 Å². The normalized spacial score (nSPS) is 19.7. The summed E-state index contributed by atoms with van der Waals surface area (Å²) in [6, 6.07) is 9.23. The Hall–Kier alpha value is -2.37. The molecule has 0 aliphatic carbocycles. The summed E-state index contributed by atoms with van der Waals surface area (Å²) in [4.78, 5) is 38.5. The van der Waals surface area contributed by atoms with Crippen LogP contribution in [-0.2, 0) is 14.4 Å². The number of carbonyl (C=O) groups is 3. The van der Waals surface area contributed by atoms with Gasteiger partial charge in [-0.25, -0.2) is 0 Å². The highest BCUT2D eigenvalue weighted by atomic mass is 16.5. The van der Waals surface area contributed by atoms with Crippen molar-refractivity contribution in [2.45, 2.75) is 25.9 Å². The Bertz CT molecular complexity index is 594. The predicted molar refractivity (Wildman–Crippen MR) is 82.6 cm³/mol. The molecule has 0 saturated carbocycles. The maximum atomic E-state index is 12.3. The summed E-state index contributed by atoms with van der Waals surface area (Å²) in [6.07, 6.45) is 0.0835. The van der Waals surface area contributed by atoms with Gasteiger partial charge in [-0.05, 0) is 19.1 Å². The lowest BCUT2D eigenvalue weighted by atomic mass is 9.98. The smallest absolute Gasteiger partial charge is 0.263 e. The summed E-state index contributed by atoms with van der Waals surface area (Å²) in [6.45, 7) is 3.29. The van der Waals surface area contributed by atoms with Crippen LogP contribution in [-0.4, -0.2) is 53.3 Å². The maximum absolute atomic E-state index is 12.3. The fraction of sp³-hybridized carbons (Fsp3) is 0.471. The van der Waals surface area contributed by atoms with Crippen molar-refractivity contribution in [1.82, 2.24) is 9.80 Å². The summed E-state index contributed by atoms with van der Waals surface area (Å²) >= 11 is 0. The minimum atomic E-state index is -0.548. The molecule has 0 spiro atoms.